The molecule has 0 spiro atoms. The van der Waals surface area contributed by atoms with Crippen LogP contribution in [0, 0.1) is 0 Å². The summed E-state index contributed by atoms with van der Waals surface area (Å²) in [6, 6.07) is 9.74. The fourth-order valence-corrected chi connectivity index (χ4v) is 3.92. The molecule has 6 nitrogen and oxygen atoms in total. The molecule has 3 heterocycles. The Morgan fingerprint density at radius 2 is 2.11 bits per heavy atom. The van der Waals surface area contributed by atoms with Crippen LogP contribution >= 0.6 is 11.6 Å². The molecule has 27 heavy (non-hydrogen) atoms. The van der Waals surface area contributed by atoms with Gasteiger partial charge in [-0.25, -0.2) is 9.50 Å². The Bertz CT molecular complexity index is 1220. The predicted octanol–water partition coefficient (Wildman–Crippen LogP) is 4.21. The van der Waals surface area contributed by atoms with E-state index in [2.05, 4.69) is 28.4 Å². The Morgan fingerprint density at radius 1 is 1.26 bits per heavy atom. The van der Waals surface area contributed by atoms with Crippen molar-refractivity contribution in [2.45, 2.75) is 31.8 Å². The SMILES string of the molecule is CC(Nc1ccnn2ccnc12)c1cc2cccc(Cl)c2c(=O)n1C1CC1. The highest BCUT2D eigenvalue weighted by Gasteiger charge is 2.29. The molecule has 0 saturated heterocycles. The summed E-state index contributed by atoms with van der Waals surface area (Å²) in [4.78, 5) is 17.6. The summed E-state index contributed by atoms with van der Waals surface area (Å²) in [5.41, 5.74) is 2.58. The van der Waals surface area contributed by atoms with Crippen LogP contribution in [0.5, 0.6) is 0 Å². The molecule has 7 heteroatoms. The van der Waals surface area contributed by atoms with Gasteiger partial charge in [0.1, 0.15) is 0 Å². The first-order valence-corrected chi connectivity index (χ1v) is 9.40. The van der Waals surface area contributed by atoms with Crippen LogP contribution in [0.3, 0.4) is 0 Å². The molecule has 0 amide bonds. The molecule has 5 rings (SSSR count). The predicted molar refractivity (Wildman–Crippen MR) is 107 cm³/mol. The van der Waals surface area contributed by atoms with Gasteiger partial charge in [-0.1, -0.05) is 23.7 Å². The van der Waals surface area contributed by atoms with Gasteiger partial charge in [-0.2, -0.15) is 5.10 Å². The Kier molecular flexibility index (Phi) is 3.68. The third-order valence-electron chi connectivity index (χ3n) is 5.08. The molecule has 1 aromatic carbocycles. The minimum atomic E-state index is -0.0791. The molecular formula is C20H18ClN5O. The van der Waals surface area contributed by atoms with Crippen molar-refractivity contribution in [1.82, 2.24) is 19.2 Å². The lowest BCUT2D eigenvalue weighted by atomic mass is 10.1. The molecule has 1 N–H and O–H groups in total. The van der Waals surface area contributed by atoms with Crippen LogP contribution in [0.4, 0.5) is 5.69 Å². The molecule has 4 aromatic rings. The van der Waals surface area contributed by atoms with Crippen LogP contribution in [-0.2, 0) is 0 Å². The van der Waals surface area contributed by atoms with E-state index in [0.717, 1.165) is 35.3 Å². The Hall–Kier alpha value is -2.86. The Morgan fingerprint density at radius 3 is 2.93 bits per heavy atom. The van der Waals surface area contributed by atoms with Crippen LogP contribution < -0.4 is 10.9 Å². The van der Waals surface area contributed by atoms with Crippen LogP contribution in [-0.4, -0.2) is 19.2 Å². The zero-order valence-electron chi connectivity index (χ0n) is 14.8. The highest BCUT2D eigenvalue weighted by Crippen LogP contribution is 2.37. The number of nitrogens with zero attached hydrogens (tertiary/aromatic N) is 4. The van der Waals surface area contributed by atoms with E-state index in [4.69, 9.17) is 11.6 Å². The van der Waals surface area contributed by atoms with Crippen molar-refractivity contribution >= 4 is 33.7 Å². The minimum Gasteiger partial charge on any atom is -0.374 e. The van der Waals surface area contributed by atoms with Gasteiger partial charge in [-0.15, -0.1) is 0 Å². The molecule has 136 valence electrons. The standard InChI is InChI=1S/C20H18ClN5O/c1-12(24-16-7-8-23-25-10-9-22-19(16)25)17-11-13-3-2-4-15(21)18(13)20(27)26(17)14-5-6-14/h2-4,7-12,14,24H,5-6H2,1H3. The normalized spacial score (nSPS) is 15.3. The molecule has 1 aliphatic rings. The average Bonchev–Trinajstić information content (AvgIpc) is 3.37. The van der Waals surface area contributed by atoms with Crippen LogP contribution in [0.1, 0.15) is 37.5 Å². The van der Waals surface area contributed by atoms with E-state index in [1.54, 1.807) is 23.0 Å². The quantitative estimate of drug-likeness (QED) is 0.577. The van der Waals surface area contributed by atoms with E-state index < -0.39 is 0 Å². The molecule has 1 saturated carbocycles. The van der Waals surface area contributed by atoms with Crippen LogP contribution in [0.25, 0.3) is 16.4 Å². The third kappa shape index (κ3) is 2.68. The maximum atomic E-state index is 13.2. The van der Waals surface area contributed by atoms with Crippen molar-refractivity contribution in [2.75, 3.05) is 5.32 Å². The molecule has 0 bridgehead atoms. The fraction of sp³-hybridized carbons (Fsp3) is 0.250. The summed E-state index contributed by atoms with van der Waals surface area (Å²) in [6.45, 7) is 2.06. The number of aromatic nitrogens is 4. The summed E-state index contributed by atoms with van der Waals surface area (Å²) in [5, 5.41) is 9.72. The average molecular weight is 380 g/mol. The lowest BCUT2D eigenvalue weighted by molar-refractivity contribution is 0.637. The third-order valence-corrected chi connectivity index (χ3v) is 5.40. The van der Waals surface area contributed by atoms with E-state index in [0.29, 0.717) is 10.4 Å². The van der Waals surface area contributed by atoms with Gasteiger partial charge in [-0.05, 0) is 43.4 Å². The molecule has 1 unspecified atom stereocenters. The van der Waals surface area contributed by atoms with Gasteiger partial charge in [0.15, 0.2) is 5.65 Å². The van der Waals surface area contributed by atoms with E-state index in [1.807, 2.05) is 29.0 Å². The lowest BCUT2D eigenvalue weighted by Crippen LogP contribution is -2.26. The van der Waals surface area contributed by atoms with Crippen molar-refractivity contribution in [3.63, 3.8) is 0 Å². The molecule has 1 aliphatic carbocycles. The maximum Gasteiger partial charge on any atom is 0.260 e. The number of pyridine rings is 1. The number of imidazole rings is 1. The van der Waals surface area contributed by atoms with Gasteiger partial charge in [0, 0.05) is 24.1 Å². The number of hydrogen-bond acceptors (Lipinski definition) is 4. The van der Waals surface area contributed by atoms with Crippen LogP contribution in [0.2, 0.25) is 5.02 Å². The number of hydrogen-bond donors (Lipinski definition) is 1. The number of anilines is 1. The van der Waals surface area contributed by atoms with E-state index in [-0.39, 0.29) is 17.6 Å². The number of nitrogens with one attached hydrogen (secondary N) is 1. The van der Waals surface area contributed by atoms with Crippen molar-refractivity contribution < 1.29 is 0 Å². The number of fused-ring (bicyclic) bond motifs is 2. The topological polar surface area (TPSA) is 64.2 Å². The van der Waals surface area contributed by atoms with Gasteiger partial charge in [0.2, 0.25) is 0 Å². The number of benzene rings is 1. The van der Waals surface area contributed by atoms with Gasteiger partial charge in [0.05, 0.1) is 28.3 Å². The fourth-order valence-electron chi connectivity index (χ4n) is 3.65. The molecule has 1 fully saturated rings. The summed E-state index contributed by atoms with van der Waals surface area (Å²) in [7, 11) is 0. The second-order valence-electron chi connectivity index (χ2n) is 6.99. The summed E-state index contributed by atoms with van der Waals surface area (Å²) in [5.74, 6) is 0. The second-order valence-corrected chi connectivity index (χ2v) is 7.39. The molecule has 0 radical (unpaired) electrons. The van der Waals surface area contributed by atoms with Crippen LogP contribution in [0.15, 0.2) is 53.7 Å². The molecule has 3 aromatic heterocycles. The smallest absolute Gasteiger partial charge is 0.260 e. The Labute approximate surface area is 160 Å². The summed E-state index contributed by atoms with van der Waals surface area (Å²) in [6.07, 6.45) is 7.31. The van der Waals surface area contributed by atoms with Crippen molar-refractivity contribution in [3.05, 3.63) is 70.0 Å². The molecule has 0 aliphatic heterocycles. The van der Waals surface area contributed by atoms with Crippen molar-refractivity contribution in [3.8, 4) is 0 Å². The minimum absolute atomic E-state index is 0.00932. The molecule has 1 atom stereocenters. The highest BCUT2D eigenvalue weighted by atomic mass is 35.5. The van der Waals surface area contributed by atoms with Crippen molar-refractivity contribution in [1.29, 1.82) is 0 Å². The lowest BCUT2D eigenvalue weighted by Gasteiger charge is -2.22. The van der Waals surface area contributed by atoms with E-state index in [1.165, 1.54) is 0 Å². The van der Waals surface area contributed by atoms with E-state index >= 15 is 0 Å². The molecular weight excluding hydrogens is 362 g/mol. The summed E-state index contributed by atoms with van der Waals surface area (Å²) < 4.78 is 3.64. The van der Waals surface area contributed by atoms with Gasteiger partial charge in [0.25, 0.3) is 5.56 Å². The largest absolute Gasteiger partial charge is 0.374 e. The summed E-state index contributed by atoms with van der Waals surface area (Å²) >= 11 is 6.33. The van der Waals surface area contributed by atoms with Crippen molar-refractivity contribution in [2.24, 2.45) is 0 Å². The first kappa shape index (κ1) is 16.3. The number of halogens is 1. The number of rotatable bonds is 4. The maximum absolute atomic E-state index is 13.2. The highest BCUT2D eigenvalue weighted by molar-refractivity contribution is 6.35. The zero-order chi connectivity index (χ0) is 18.5. The van der Waals surface area contributed by atoms with Gasteiger partial charge < -0.3 is 9.88 Å². The zero-order valence-corrected chi connectivity index (χ0v) is 15.5. The first-order chi connectivity index (χ1) is 13.1. The Balaban J connectivity index is 1.64. The second kappa shape index (κ2) is 6.09. The van der Waals surface area contributed by atoms with Gasteiger partial charge >= 0.3 is 0 Å². The monoisotopic (exact) mass is 379 g/mol. The van der Waals surface area contributed by atoms with Gasteiger partial charge in [-0.3, -0.25) is 4.79 Å². The first-order valence-electron chi connectivity index (χ1n) is 9.02. The van der Waals surface area contributed by atoms with E-state index in [9.17, 15) is 4.79 Å².